The number of halogens is 1. The summed E-state index contributed by atoms with van der Waals surface area (Å²) in [6.45, 7) is 3.70. The second-order valence-corrected chi connectivity index (χ2v) is 13.0. The van der Waals surface area contributed by atoms with Gasteiger partial charge in [-0.3, -0.25) is 14.5 Å². The molecule has 47 heavy (non-hydrogen) atoms. The summed E-state index contributed by atoms with van der Waals surface area (Å²) < 4.78 is 21.8. The van der Waals surface area contributed by atoms with Crippen molar-refractivity contribution in [3.8, 4) is 11.5 Å². The van der Waals surface area contributed by atoms with Gasteiger partial charge in [-0.15, -0.1) is 10.2 Å². The number of pyridine rings is 1. The zero-order chi connectivity index (χ0) is 32.7. The van der Waals surface area contributed by atoms with Gasteiger partial charge in [0.25, 0.3) is 5.78 Å². The van der Waals surface area contributed by atoms with Crippen molar-refractivity contribution in [2.75, 3.05) is 4.90 Å². The molecule has 12 heteroatoms. The fourth-order valence-corrected chi connectivity index (χ4v) is 7.30. The molecule has 0 saturated carbocycles. The number of Topliss-reactive ketones (excluding diaryl/α,β-unsaturated/α-hetero) is 1. The second kappa shape index (κ2) is 12.5. The average Bonchev–Trinajstić information content (AvgIpc) is 3.76. The maximum atomic E-state index is 13.8. The monoisotopic (exact) mass is 663 g/mol. The van der Waals surface area contributed by atoms with Gasteiger partial charge >= 0.3 is 5.91 Å². The summed E-state index contributed by atoms with van der Waals surface area (Å²) >= 11 is 2.52. The second-order valence-electron chi connectivity index (χ2n) is 10.9. The SMILES string of the molecule is Cc1cccn2c(C)c(/C(O)=C3\C(=O)C(=O)N(c4nnc(SCc5ccc(F)cc5)s4)C3c3cccc(Oc4ccccc4)c3)nc12. The molecule has 1 aliphatic heterocycles. The van der Waals surface area contributed by atoms with Gasteiger partial charge in [0, 0.05) is 11.9 Å². The number of aromatic nitrogens is 4. The topological polar surface area (TPSA) is 110 Å². The van der Waals surface area contributed by atoms with Crippen LogP contribution in [0.2, 0.25) is 0 Å². The minimum absolute atomic E-state index is 0.119. The molecule has 9 nitrogen and oxygen atoms in total. The molecule has 1 fully saturated rings. The molecule has 0 aliphatic carbocycles. The first-order chi connectivity index (χ1) is 22.8. The third-order valence-electron chi connectivity index (χ3n) is 7.78. The summed E-state index contributed by atoms with van der Waals surface area (Å²) in [7, 11) is 0. The van der Waals surface area contributed by atoms with Gasteiger partial charge in [-0.25, -0.2) is 9.37 Å². The number of nitrogens with zero attached hydrogens (tertiary/aromatic N) is 5. The van der Waals surface area contributed by atoms with Crippen molar-refractivity contribution in [1.82, 2.24) is 19.6 Å². The van der Waals surface area contributed by atoms with Gasteiger partial charge in [-0.1, -0.05) is 71.6 Å². The lowest BCUT2D eigenvalue weighted by Crippen LogP contribution is -2.29. The van der Waals surface area contributed by atoms with E-state index in [1.54, 1.807) is 43.3 Å². The maximum absolute atomic E-state index is 13.8. The van der Waals surface area contributed by atoms with E-state index >= 15 is 0 Å². The van der Waals surface area contributed by atoms with Gasteiger partial charge in [0.05, 0.1) is 17.3 Å². The first-order valence-corrected chi connectivity index (χ1v) is 16.4. The van der Waals surface area contributed by atoms with Crippen LogP contribution in [-0.4, -0.2) is 36.4 Å². The molecule has 0 spiro atoms. The van der Waals surface area contributed by atoms with Crippen molar-refractivity contribution < 1.29 is 23.8 Å². The number of ether oxygens (including phenoxy) is 1. The highest BCUT2D eigenvalue weighted by Crippen LogP contribution is 2.45. The Morgan fingerprint density at radius 3 is 2.49 bits per heavy atom. The predicted octanol–water partition coefficient (Wildman–Crippen LogP) is 7.65. The van der Waals surface area contributed by atoms with E-state index in [2.05, 4.69) is 15.2 Å². The van der Waals surface area contributed by atoms with Gasteiger partial charge in [0.15, 0.2) is 10.1 Å². The van der Waals surface area contributed by atoms with E-state index in [0.717, 1.165) is 22.5 Å². The van der Waals surface area contributed by atoms with Gasteiger partial charge in [-0.2, -0.15) is 0 Å². The molecule has 1 atom stereocenters. The number of hydrogen-bond acceptors (Lipinski definition) is 9. The number of rotatable bonds is 8. The highest BCUT2D eigenvalue weighted by molar-refractivity contribution is 8.00. The average molecular weight is 664 g/mol. The number of para-hydroxylation sites is 1. The summed E-state index contributed by atoms with van der Waals surface area (Å²) in [5.41, 5.74) is 3.62. The van der Waals surface area contributed by atoms with Crippen molar-refractivity contribution in [3.63, 3.8) is 0 Å². The van der Waals surface area contributed by atoms with Crippen LogP contribution in [0.25, 0.3) is 11.4 Å². The van der Waals surface area contributed by atoms with Gasteiger partial charge in [0.1, 0.15) is 28.7 Å². The Kier molecular flexibility index (Phi) is 8.04. The molecule has 1 N–H and O–H groups in total. The summed E-state index contributed by atoms with van der Waals surface area (Å²) in [5, 5.41) is 20.6. The Morgan fingerprint density at radius 2 is 1.72 bits per heavy atom. The Bertz CT molecular complexity index is 2180. The lowest BCUT2D eigenvalue weighted by Gasteiger charge is -2.23. The summed E-state index contributed by atoms with van der Waals surface area (Å²) in [6, 6.07) is 25.2. The molecule has 1 amide bonds. The zero-order valence-electron chi connectivity index (χ0n) is 25.1. The maximum Gasteiger partial charge on any atom is 0.301 e. The number of hydrogen-bond donors (Lipinski definition) is 1. The predicted molar refractivity (Wildman–Crippen MR) is 178 cm³/mol. The van der Waals surface area contributed by atoms with Crippen molar-refractivity contribution in [1.29, 1.82) is 0 Å². The molecule has 1 saturated heterocycles. The molecule has 7 rings (SSSR count). The van der Waals surface area contributed by atoms with Crippen LogP contribution < -0.4 is 9.64 Å². The van der Waals surface area contributed by atoms with Crippen molar-refractivity contribution in [3.05, 3.63) is 137 Å². The highest BCUT2D eigenvalue weighted by Gasteiger charge is 2.49. The normalized spacial score (nSPS) is 15.9. The van der Waals surface area contributed by atoms with Crippen molar-refractivity contribution >= 4 is 51.3 Å². The number of aliphatic hydroxyl groups is 1. The molecule has 234 valence electrons. The first kappa shape index (κ1) is 30.3. The number of aliphatic hydroxyl groups excluding tert-OH is 1. The van der Waals surface area contributed by atoms with E-state index < -0.39 is 17.7 Å². The fraction of sp³-hybridized carbons (Fsp3) is 0.114. The number of imidazole rings is 1. The quantitative estimate of drug-likeness (QED) is 0.0582. The lowest BCUT2D eigenvalue weighted by molar-refractivity contribution is -0.132. The number of anilines is 1. The van der Waals surface area contributed by atoms with Crippen LogP contribution in [0.5, 0.6) is 11.5 Å². The molecule has 3 aromatic carbocycles. The summed E-state index contributed by atoms with van der Waals surface area (Å²) in [5.74, 6) is -0.836. The smallest absolute Gasteiger partial charge is 0.301 e. The first-order valence-electron chi connectivity index (χ1n) is 14.6. The molecular weight excluding hydrogens is 638 g/mol. The van der Waals surface area contributed by atoms with Crippen LogP contribution in [0.4, 0.5) is 9.52 Å². The molecular formula is C35H26FN5O4S2. The van der Waals surface area contributed by atoms with Crippen LogP contribution in [-0.2, 0) is 15.3 Å². The lowest BCUT2D eigenvalue weighted by atomic mass is 9.96. The van der Waals surface area contributed by atoms with Gasteiger partial charge in [-0.05, 0) is 73.0 Å². The Morgan fingerprint density at radius 1 is 0.957 bits per heavy atom. The molecule has 0 radical (unpaired) electrons. The van der Waals surface area contributed by atoms with E-state index in [0.29, 0.717) is 38.5 Å². The van der Waals surface area contributed by atoms with Crippen molar-refractivity contribution in [2.45, 2.75) is 30.0 Å². The van der Waals surface area contributed by atoms with E-state index in [9.17, 15) is 19.1 Å². The third-order valence-corrected chi connectivity index (χ3v) is 9.91. The Hall–Kier alpha value is -5.33. The molecule has 0 bridgehead atoms. The van der Waals surface area contributed by atoms with E-state index in [1.165, 1.54) is 28.8 Å². The van der Waals surface area contributed by atoms with Crippen molar-refractivity contribution in [2.24, 2.45) is 0 Å². The van der Waals surface area contributed by atoms with Crippen LogP contribution in [0, 0.1) is 19.7 Å². The van der Waals surface area contributed by atoms with E-state index in [4.69, 9.17) is 4.74 Å². The summed E-state index contributed by atoms with van der Waals surface area (Å²) in [4.78, 5) is 33.6. The van der Waals surface area contributed by atoms with E-state index in [1.807, 2.05) is 60.0 Å². The van der Waals surface area contributed by atoms with E-state index in [-0.39, 0.29) is 28.0 Å². The minimum Gasteiger partial charge on any atom is -0.505 e. The van der Waals surface area contributed by atoms with Gasteiger partial charge in [0.2, 0.25) is 5.13 Å². The number of fused-ring (bicyclic) bond motifs is 1. The molecule has 1 aliphatic rings. The summed E-state index contributed by atoms with van der Waals surface area (Å²) in [6.07, 6.45) is 1.83. The number of carbonyl (C=O) groups is 2. The fourth-order valence-electron chi connectivity index (χ4n) is 5.48. The van der Waals surface area contributed by atoms with Gasteiger partial charge < -0.3 is 14.2 Å². The molecule has 3 aromatic heterocycles. The number of amides is 1. The third kappa shape index (κ3) is 5.77. The largest absolute Gasteiger partial charge is 0.505 e. The minimum atomic E-state index is -1.05. The number of thioether (sulfide) groups is 1. The van der Waals surface area contributed by atoms with Crippen LogP contribution in [0.1, 0.15) is 34.1 Å². The Labute approximate surface area is 277 Å². The Balaban J connectivity index is 1.32. The number of ketones is 1. The molecule has 6 aromatic rings. The van der Waals surface area contributed by atoms with Crippen LogP contribution in [0.15, 0.2) is 107 Å². The van der Waals surface area contributed by atoms with Crippen LogP contribution >= 0.6 is 23.1 Å². The zero-order valence-corrected chi connectivity index (χ0v) is 26.8. The standard InChI is InChI=1S/C35H26FN5O4S2/c1-20-8-7-17-40-21(2)28(37-32(20)40)30(42)27-29(23-9-6-12-26(18-23)45-25-10-4-3-5-11-25)41(33(44)31(27)43)34-38-39-35(47-34)46-19-22-13-15-24(36)16-14-22/h3-18,29,42H,19H2,1-2H3/b30-27+. The number of aryl methyl sites for hydroxylation is 2. The highest BCUT2D eigenvalue weighted by atomic mass is 32.2. The number of carbonyl (C=O) groups excluding carboxylic acids is 2. The van der Waals surface area contributed by atoms with Crippen LogP contribution in [0.3, 0.4) is 0 Å². The number of benzene rings is 3. The molecule has 4 heterocycles. The molecule has 1 unspecified atom stereocenters.